The third kappa shape index (κ3) is 2.10. The van der Waals surface area contributed by atoms with E-state index in [2.05, 4.69) is 0 Å². The Morgan fingerprint density at radius 3 is 2.43 bits per heavy atom. The number of methoxy groups -OCH3 is 1. The highest BCUT2D eigenvalue weighted by atomic mass is 16.7. The summed E-state index contributed by atoms with van der Waals surface area (Å²) in [4.78, 5) is 4.74. The summed E-state index contributed by atoms with van der Waals surface area (Å²) >= 11 is 0. The lowest BCUT2D eigenvalue weighted by atomic mass is 9.99. The van der Waals surface area contributed by atoms with Gasteiger partial charge in [0.05, 0.1) is 5.52 Å². The van der Waals surface area contributed by atoms with Crippen LogP contribution in [0.3, 0.4) is 0 Å². The second-order valence-electron chi connectivity index (χ2n) is 6.59. The molecule has 3 aromatic carbocycles. The van der Waals surface area contributed by atoms with Crippen molar-refractivity contribution in [3.05, 3.63) is 36.5 Å². The average molecular weight is 377 g/mol. The molecule has 0 radical (unpaired) electrons. The van der Waals surface area contributed by atoms with Gasteiger partial charge < -0.3 is 28.4 Å². The number of rotatable bonds is 3. The zero-order chi connectivity index (χ0) is 18.7. The van der Waals surface area contributed by atoms with E-state index in [4.69, 9.17) is 33.4 Å². The average Bonchev–Trinajstić information content (AvgIpc) is 3.38. The van der Waals surface area contributed by atoms with Crippen molar-refractivity contribution in [3.8, 4) is 28.7 Å². The molecule has 2 aliphatic heterocycles. The number of nitrogens with zero attached hydrogens (tertiary/aromatic N) is 1. The first-order valence-corrected chi connectivity index (χ1v) is 8.82. The smallest absolute Gasteiger partial charge is 0.231 e. The van der Waals surface area contributed by atoms with E-state index in [9.17, 15) is 0 Å². The van der Waals surface area contributed by atoms with Crippen LogP contribution >= 0.6 is 0 Å². The van der Waals surface area contributed by atoms with Crippen LogP contribution in [0.2, 0.25) is 0 Å². The van der Waals surface area contributed by atoms with Crippen molar-refractivity contribution < 1.29 is 28.4 Å². The number of aromatic nitrogens is 1. The quantitative estimate of drug-likeness (QED) is 0.395. The van der Waals surface area contributed by atoms with E-state index < -0.39 is 0 Å². The van der Waals surface area contributed by atoms with Gasteiger partial charge in [-0.3, -0.25) is 4.98 Å². The highest BCUT2D eigenvalue weighted by Crippen LogP contribution is 2.45. The Morgan fingerprint density at radius 1 is 0.821 bits per heavy atom. The predicted octanol–water partition coefficient (Wildman–Crippen LogP) is 3.98. The van der Waals surface area contributed by atoms with Gasteiger partial charge in [0, 0.05) is 34.9 Å². The van der Waals surface area contributed by atoms with Gasteiger partial charge in [0.25, 0.3) is 0 Å². The summed E-state index contributed by atoms with van der Waals surface area (Å²) in [5, 5.41) is 4.68. The van der Waals surface area contributed by atoms with E-state index in [0.717, 1.165) is 43.9 Å². The highest BCUT2D eigenvalue weighted by Gasteiger charge is 2.22. The predicted molar refractivity (Wildman–Crippen MR) is 102 cm³/mol. The summed E-state index contributed by atoms with van der Waals surface area (Å²) in [5.41, 5.74) is 0.851. The number of ether oxygens (including phenoxy) is 6. The Kier molecular flexibility index (Phi) is 3.21. The number of hydrogen-bond donors (Lipinski definition) is 0. The molecule has 0 spiro atoms. The molecule has 0 unspecified atom stereocenters. The molecular formula is C21H15NO6. The maximum absolute atomic E-state index is 5.88. The molecule has 0 saturated carbocycles. The number of benzene rings is 3. The summed E-state index contributed by atoms with van der Waals surface area (Å²) < 4.78 is 33.3. The Hall–Kier alpha value is -3.45. The third-order valence-electron chi connectivity index (χ3n) is 5.09. The molecule has 0 N–H and O–H groups in total. The van der Waals surface area contributed by atoms with Crippen molar-refractivity contribution in [2.24, 2.45) is 0 Å². The van der Waals surface area contributed by atoms with Gasteiger partial charge in [-0.05, 0) is 35.7 Å². The van der Waals surface area contributed by atoms with Crippen LogP contribution in [0.15, 0.2) is 36.5 Å². The van der Waals surface area contributed by atoms with Crippen molar-refractivity contribution in [1.82, 2.24) is 4.98 Å². The lowest BCUT2D eigenvalue weighted by Crippen LogP contribution is -2.00. The fourth-order valence-electron chi connectivity index (χ4n) is 3.84. The normalized spacial score (nSPS) is 14.3. The Labute approximate surface area is 159 Å². The minimum atomic E-state index is 0.138. The first-order valence-electron chi connectivity index (χ1n) is 8.82. The molecule has 0 saturated heterocycles. The van der Waals surface area contributed by atoms with E-state index in [-0.39, 0.29) is 20.4 Å². The summed E-state index contributed by atoms with van der Waals surface area (Å²) in [6.45, 7) is 0.563. The highest BCUT2D eigenvalue weighted by molar-refractivity contribution is 6.18. The van der Waals surface area contributed by atoms with Crippen molar-refractivity contribution >= 4 is 32.4 Å². The first kappa shape index (κ1) is 15.6. The summed E-state index contributed by atoms with van der Waals surface area (Å²) in [6, 6.07) is 9.80. The molecule has 0 amide bonds. The van der Waals surface area contributed by atoms with Gasteiger partial charge in [-0.15, -0.1) is 0 Å². The Bertz CT molecular complexity index is 1270. The SMILES string of the molecule is COCOc1cc2c3ccc4c(c3cnc2c2cc3c(cc12)OCO3)OCO4. The van der Waals surface area contributed by atoms with E-state index in [1.54, 1.807) is 7.11 Å². The lowest BCUT2D eigenvalue weighted by Gasteiger charge is -2.13. The molecule has 7 heteroatoms. The van der Waals surface area contributed by atoms with Gasteiger partial charge in [0.2, 0.25) is 13.6 Å². The molecule has 0 bridgehead atoms. The third-order valence-corrected chi connectivity index (χ3v) is 5.09. The maximum Gasteiger partial charge on any atom is 0.231 e. The van der Waals surface area contributed by atoms with E-state index >= 15 is 0 Å². The summed E-state index contributed by atoms with van der Waals surface area (Å²) in [5.74, 6) is 3.53. The molecule has 28 heavy (non-hydrogen) atoms. The Morgan fingerprint density at radius 2 is 1.57 bits per heavy atom. The molecule has 7 nitrogen and oxygen atoms in total. The molecule has 140 valence electrons. The van der Waals surface area contributed by atoms with Gasteiger partial charge in [-0.1, -0.05) is 0 Å². The largest absolute Gasteiger partial charge is 0.467 e. The molecule has 0 atom stereocenters. The van der Waals surface area contributed by atoms with Crippen LogP contribution in [0.5, 0.6) is 28.7 Å². The van der Waals surface area contributed by atoms with Crippen LogP contribution < -0.4 is 23.7 Å². The van der Waals surface area contributed by atoms with Crippen LogP contribution in [0.1, 0.15) is 0 Å². The molecule has 3 heterocycles. The van der Waals surface area contributed by atoms with E-state index in [1.807, 2.05) is 36.5 Å². The van der Waals surface area contributed by atoms with Crippen LogP contribution in [0, 0.1) is 0 Å². The van der Waals surface area contributed by atoms with Gasteiger partial charge >= 0.3 is 0 Å². The zero-order valence-electron chi connectivity index (χ0n) is 15.0. The summed E-state index contributed by atoms with van der Waals surface area (Å²) in [7, 11) is 1.59. The standard InChI is InChI=1S/C21H15NO6/c1-23-8-24-17-5-13-11-2-3-16-21(28-10-25-16)15(11)7-22-20(13)14-6-19-18(4-12(14)17)26-9-27-19/h2-7H,8-10H2,1H3. The monoisotopic (exact) mass is 377 g/mol. The second kappa shape index (κ2) is 5.77. The molecule has 6 rings (SSSR count). The Balaban J connectivity index is 1.72. The van der Waals surface area contributed by atoms with Gasteiger partial charge in [0.1, 0.15) is 5.75 Å². The van der Waals surface area contributed by atoms with Gasteiger partial charge in [-0.2, -0.15) is 0 Å². The van der Waals surface area contributed by atoms with Crippen LogP contribution in [0.25, 0.3) is 32.4 Å². The number of pyridine rings is 1. The minimum absolute atomic E-state index is 0.138. The number of hydrogen-bond acceptors (Lipinski definition) is 7. The fourth-order valence-corrected chi connectivity index (χ4v) is 3.84. The minimum Gasteiger partial charge on any atom is -0.467 e. The van der Waals surface area contributed by atoms with E-state index in [0.29, 0.717) is 17.2 Å². The molecule has 2 aliphatic rings. The molecular weight excluding hydrogens is 362 g/mol. The number of fused-ring (bicyclic) bond motifs is 8. The van der Waals surface area contributed by atoms with Crippen LogP contribution in [-0.4, -0.2) is 32.5 Å². The van der Waals surface area contributed by atoms with Gasteiger partial charge in [-0.25, -0.2) is 0 Å². The van der Waals surface area contributed by atoms with Crippen LogP contribution in [-0.2, 0) is 4.74 Å². The molecule has 0 aliphatic carbocycles. The first-order chi connectivity index (χ1) is 13.8. The summed E-state index contributed by atoms with van der Waals surface area (Å²) in [6.07, 6.45) is 1.82. The topological polar surface area (TPSA) is 68.3 Å². The van der Waals surface area contributed by atoms with E-state index in [1.165, 1.54) is 0 Å². The van der Waals surface area contributed by atoms with Crippen molar-refractivity contribution in [3.63, 3.8) is 0 Å². The van der Waals surface area contributed by atoms with Crippen LogP contribution in [0.4, 0.5) is 0 Å². The van der Waals surface area contributed by atoms with Crippen molar-refractivity contribution in [2.75, 3.05) is 27.5 Å². The maximum atomic E-state index is 5.88. The fraction of sp³-hybridized carbons (Fsp3) is 0.190. The zero-order valence-corrected chi connectivity index (χ0v) is 15.0. The van der Waals surface area contributed by atoms with Crippen molar-refractivity contribution in [1.29, 1.82) is 0 Å². The van der Waals surface area contributed by atoms with Crippen molar-refractivity contribution in [2.45, 2.75) is 0 Å². The van der Waals surface area contributed by atoms with Gasteiger partial charge in [0.15, 0.2) is 29.8 Å². The molecule has 1 aromatic heterocycles. The lowest BCUT2D eigenvalue weighted by molar-refractivity contribution is 0.0523. The molecule has 4 aromatic rings. The second-order valence-corrected chi connectivity index (χ2v) is 6.59. The molecule has 0 fully saturated rings.